The van der Waals surface area contributed by atoms with Crippen molar-refractivity contribution in [2.45, 2.75) is 31.7 Å². The third kappa shape index (κ3) is 4.17. The van der Waals surface area contributed by atoms with Gasteiger partial charge in [0.05, 0.1) is 16.0 Å². The van der Waals surface area contributed by atoms with Gasteiger partial charge in [-0.2, -0.15) is 4.31 Å². The molecular weight excluding hydrogens is 356 g/mol. The molecule has 0 saturated heterocycles. The molecule has 1 heterocycles. The summed E-state index contributed by atoms with van der Waals surface area (Å²) in [5.41, 5.74) is 0.759. The van der Waals surface area contributed by atoms with Crippen LogP contribution in [0.15, 0.2) is 47.5 Å². The molecule has 1 aromatic carbocycles. The fourth-order valence-corrected chi connectivity index (χ4v) is 4.09. The molecular formula is C17H23N4O4S+. The first-order chi connectivity index (χ1) is 12.3. The van der Waals surface area contributed by atoms with E-state index in [2.05, 4.69) is 10.3 Å². The number of aromatic nitrogens is 1. The zero-order valence-corrected chi connectivity index (χ0v) is 15.8. The fraction of sp³-hybridized carbons (Fsp3) is 0.353. The molecule has 0 unspecified atom stereocenters. The number of nitro groups is 1. The van der Waals surface area contributed by atoms with Crippen molar-refractivity contribution in [1.29, 1.82) is 0 Å². The number of hydrogen-bond acceptors (Lipinski definition) is 5. The molecule has 0 aliphatic heterocycles. The highest BCUT2D eigenvalue weighted by molar-refractivity contribution is 7.89. The predicted molar refractivity (Wildman–Crippen MR) is 98.2 cm³/mol. The summed E-state index contributed by atoms with van der Waals surface area (Å²) in [4.78, 5) is 13.7. The lowest BCUT2D eigenvalue weighted by Gasteiger charge is -2.18. The van der Waals surface area contributed by atoms with Crippen molar-refractivity contribution in [1.82, 2.24) is 4.31 Å². The number of rotatable bonds is 8. The highest BCUT2D eigenvalue weighted by Gasteiger charge is 2.24. The van der Waals surface area contributed by atoms with E-state index in [0.29, 0.717) is 18.9 Å². The standard InChI is InChI=1S/C17H22N4O4S/c1-4-20(5-2)26(24,25)15-10-8-14(9-11-15)13(3)19-17-16(21(22)23)7-6-12-18-17/h6-13H,4-5H2,1-3H3,(H,18,19)/p+1/t13-/m1/s1. The fourth-order valence-electron chi connectivity index (χ4n) is 2.64. The summed E-state index contributed by atoms with van der Waals surface area (Å²) in [7, 11) is -3.50. The Morgan fingerprint density at radius 2 is 1.81 bits per heavy atom. The molecule has 1 atom stereocenters. The molecule has 2 rings (SSSR count). The van der Waals surface area contributed by atoms with Crippen molar-refractivity contribution >= 4 is 21.5 Å². The van der Waals surface area contributed by atoms with Crippen molar-refractivity contribution in [2.75, 3.05) is 18.4 Å². The zero-order valence-electron chi connectivity index (χ0n) is 15.0. The summed E-state index contributed by atoms with van der Waals surface area (Å²) >= 11 is 0. The molecule has 0 radical (unpaired) electrons. The summed E-state index contributed by atoms with van der Waals surface area (Å²) in [5.74, 6) is 0.296. The first-order valence-electron chi connectivity index (χ1n) is 8.33. The Kier molecular flexibility index (Phi) is 6.27. The van der Waals surface area contributed by atoms with Crippen molar-refractivity contribution in [3.8, 4) is 0 Å². The number of nitrogens with zero attached hydrogens (tertiary/aromatic N) is 2. The van der Waals surface area contributed by atoms with Crippen molar-refractivity contribution in [3.05, 3.63) is 58.3 Å². The SMILES string of the molecule is CCN(CC)S(=O)(=O)c1ccc([C@@H](C)Nc2[nH+]cccc2[N+](=O)[O-])cc1. The second kappa shape index (κ2) is 8.24. The molecule has 26 heavy (non-hydrogen) atoms. The van der Waals surface area contributed by atoms with Crippen LogP contribution in [0.2, 0.25) is 0 Å². The Morgan fingerprint density at radius 1 is 1.19 bits per heavy atom. The van der Waals surface area contributed by atoms with Crippen LogP contribution in [0.25, 0.3) is 0 Å². The van der Waals surface area contributed by atoms with Crippen molar-refractivity contribution in [2.24, 2.45) is 0 Å². The van der Waals surface area contributed by atoms with Crippen LogP contribution in [0.4, 0.5) is 11.5 Å². The van der Waals surface area contributed by atoms with Gasteiger partial charge in [-0.25, -0.2) is 13.4 Å². The van der Waals surface area contributed by atoms with E-state index in [9.17, 15) is 18.5 Å². The number of nitrogens with one attached hydrogen (secondary N) is 2. The maximum atomic E-state index is 12.5. The summed E-state index contributed by atoms with van der Waals surface area (Å²) in [5, 5.41) is 14.1. The molecule has 0 fully saturated rings. The van der Waals surface area contributed by atoms with Gasteiger partial charge in [-0.15, -0.1) is 0 Å². The second-order valence-electron chi connectivity index (χ2n) is 5.71. The van der Waals surface area contributed by atoms with E-state index in [0.717, 1.165) is 5.56 Å². The first-order valence-corrected chi connectivity index (χ1v) is 9.77. The number of aromatic amines is 1. The Bertz CT molecular complexity index is 865. The highest BCUT2D eigenvalue weighted by atomic mass is 32.2. The minimum Gasteiger partial charge on any atom is -0.262 e. The van der Waals surface area contributed by atoms with Gasteiger partial charge in [0.1, 0.15) is 6.04 Å². The number of benzene rings is 1. The molecule has 0 aliphatic carbocycles. The molecule has 2 aromatic rings. The van der Waals surface area contributed by atoms with Gasteiger partial charge in [-0.05, 0) is 30.7 Å². The van der Waals surface area contributed by atoms with E-state index in [1.165, 1.54) is 10.4 Å². The van der Waals surface area contributed by atoms with E-state index < -0.39 is 14.9 Å². The summed E-state index contributed by atoms with van der Waals surface area (Å²) in [6.45, 7) is 6.26. The van der Waals surface area contributed by atoms with Gasteiger partial charge in [0.25, 0.3) is 0 Å². The van der Waals surface area contributed by atoms with Crippen LogP contribution in [0, 0.1) is 10.1 Å². The molecule has 9 heteroatoms. The minimum atomic E-state index is -3.50. The van der Waals surface area contributed by atoms with E-state index in [1.807, 2.05) is 6.92 Å². The van der Waals surface area contributed by atoms with Crippen LogP contribution in [0.1, 0.15) is 32.4 Å². The Balaban J connectivity index is 2.22. The lowest BCUT2D eigenvalue weighted by molar-refractivity contribution is -0.409. The molecule has 2 N–H and O–H groups in total. The smallest absolute Gasteiger partial charge is 0.262 e. The van der Waals surface area contributed by atoms with Gasteiger partial charge >= 0.3 is 11.5 Å². The van der Waals surface area contributed by atoms with E-state index >= 15 is 0 Å². The zero-order chi connectivity index (χ0) is 19.3. The Morgan fingerprint density at radius 3 is 2.35 bits per heavy atom. The second-order valence-corrected chi connectivity index (χ2v) is 7.65. The summed E-state index contributed by atoms with van der Waals surface area (Å²) in [6.07, 6.45) is 1.60. The van der Waals surface area contributed by atoms with Crippen molar-refractivity contribution in [3.63, 3.8) is 0 Å². The van der Waals surface area contributed by atoms with Gasteiger partial charge in [0.15, 0.2) is 0 Å². The van der Waals surface area contributed by atoms with Gasteiger partial charge in [0, 0.05) is 19.2 Å². The molecule has 0 saturated carbocycles. The van der Waals surface area contributed by atoms with Crippen LogP contribution >= 0.6 is 0 Å². The quantitative estimate of drug-likeness (QED) is 0.560. The molecule has 0 aliphatic rings. The normalized spacial score (nSPS) is 12.8. The molecule has 0 bridgehead atoms. The maximum Gasteiger partial charge on any atom is 0.357 e. The number of sulfonamides is 1. The Labute approximate surface area is 153 Å². The average Bonchev–Trinajstić information content (AvgIpc) is 2.63. The van der Waals surface area contributed by atoms with E-state index in [1.54, 1.807) is 50.4 Å². The Hall–Kier alpha value is -2.52. The van der Waals surface area contributed by atoms with Crippen LogP contribution in [-0.2, 0) is 10.0 Å². The topological polar surface area (TPSA) is 107 Å². The summed E-state index contributed by atoms with van der Waals surface area (Å²) in [6, 6.07) is 9.25. The van der Waals surface area contributed by atoms with Gasteiger partial charge in [-0.1, -0.05) is 26.0 Å². The molecule has 1 aromatic heterocycles. The summed E-state index contributed by atoms with van der Waals surface area (Å²) < 4.78 is 26.4. The predicted octanol–water partition coefficient (Wildman–Crippen LogP) is 2.61. The van der Waals surface area contributed by atoms with Crippen LogP contribution in [0.3, 0.4) is 0 Å². The third-order valence-electron chi connectivity index (χ3n) is 4.11. The minimum absolute atomic E-state index is 0.0555. The monoisotopic (exact) mass is 379 g/mol. The lowest BCUT2D eigenvalue weighted by Crippen LogP contribution is -2.30. The molecule has 0 amide bonds. The molecule has 8 nitrogen and oxygen atoms in total. The van der Waals surface area contributed by atoms with Gasteiger partial charge in [-0.3, -0.25) is 15.4 Å². The van der Waals surface area contributed by atoms with Gasteiger partial charge < -0.3 is 0 Å². The number of pyridine rings is 1. The van der Waals surface area contributed by atoms with Crippen LogP contribution in [0.5, 0.6) is 0 Å². The van der Waals surface area contributed by atoms with E-state index in [4.69, 9.17) is 0 Å². The largest absolute Gasteiger partial charge is 0.357 e. The van der Waals surface area contributed by atoms with Crippen LogP contribution in [-0.4, -0.2) is 30.7 Å². The highest BCUT2D eigenvalue weighted by Crippen LogP contribution is 2.25. The van der Waals surface area contributed by atoms with Crippen LogP contribution < -0.4 is 10.3 Å². The average molecular weight is 379 g/mol. The molecule has 140 valence electrons. The number of hydrogen-bond donors (Lipinski definition) is 1. The third-order valence-corrected chi connectivity index (χ3v) is 6.18. The number of H-pyrrole nitrogens is 1. The van der Waals surface area contributed by atoms with Gasteiger partial charge in [0.2, 0.25) is 10.0 Å². The van der Waals surface area contributed by atoms with E-state index in [-0.39, 0.29) is 16.6 Å². The number of anilines is 1. The first kappa shape index (κ1) is 19.8. The van der Waals surface area contributed by atoms with Crippen molar-refractivity contribution < 1.29 is 18.3 Å². The lowest BCUT2D eigenvalue weighted by atomic mass is 10.1. The maximum absolute atomic E-state index is 12.5. The molecule has 0 spiro atoms.